The van der Waals surface area contributed by atoms with Crippen LogP contribution >= 0.6 is 0 Å². The van der Waals surface area contributed by atoms with Crippen LogP contribution in [-0.4, -0.2) is 36.7 Å². The Hall–Kier alpha value is -1.80. The molecule has 2 rings (SSSR count). The number of fused-ring (bicyclic) bond motifs is 1. The Morgan fingerprint density at radius 1 is 1.29 bits per heavy atom. The van der Waals surface area contributed by atoms with E-state index in [4.69, 9.17) is 0 Å². The van der Waals surface area contributed by atoms with Crippen LogP contribution in [0.1, 0.15) is 13.8 Å². The van der Waals surface area contributed by atoms with E-state index in [0.29, 0.717) is 23.3 Å². The lowest BCUT2D eigenvalue weighted by atomic mass is 10.1. The molecule has 0 saturated heterocycles. The number of anilines is 1. The quantitative estimate of drug-likeness (QED) is 0.874. The van der Waals surface area contributed by atoms with Gasteiger partial charge in [0.25, 0.3) is 0 Å². The van der Waals surface area contributed by atoms with E-state index in [0.717, 1.165) is 6.26 Å². The minimum absolute atomic E-state index is 0.294. The molecule has 0 saturated carbocycles. The van der Waals surface area contributed by atoms with Crippen molar-refractivity contribution in [2.45, 2.75) is 19.4 Å². The smallest absolute Gasteiger partial charge is 0.209 e. The zero-order valence-electron chi connectivity index (χ0n) is 12.0. The molecule has 1 aromatic heterocycles. The van der Waals surface area contributed by atoms with E-state index in [1.807, 2.05) is 0 Å². The fraction of sp³-hybridized carbons (Fsp3) is 0.385. The highest BCUT2D eigenvalue weighted by atomic mass is 32.2. The lowest BCUT2D eigenvalue weighted by molar-refractivity contribution is 0.476. The van der Waals surface area contributed by atoms with E-state index < -0.39 is 15.6 Å². The van der Waals surface area contributed by atoms with E-state index in [2.05, 4.69) is 20.0 Å². The molecule has 0 amide bonds. The van der Waals surface area contributed by atoms with E-state index in [1.54, 1.807) is 19.9 Å². The maximum atomic E-state index is 13.3. The van der Waals surface area contributed by atoms with Crippen molar-refractivity contribution in [2.24, 2.45) is 0 Å². The summed E-state index contributed by atoms with van der Waals surface area (Å²) in [7, 11) is -3.32. The number of aromatic nitrogens is 2. The summed E-state index contributed by atoms with van der Waals surface area (Å²) in [4.78, 5) is 8.14. The van der Waals surface area contributed by atoms with Crippen molar-refractivity contribution in [3.05, 3.63) is 30.3 Å². The predicted molar refractivity (Wildman–Crippen MR) is 80.0 cm³/mol. The summed E-state index contributed by atoms with van der Waals surface area (Å²) in [6.07, 6.45) is 2.48. The van der Waals surface area contributed by atoms with Crippen LogP contribution < -0.4 is 10.0 Å². The first-order chi connectivity index (χ1) is 9.66. The normalized spacial score (nSPS) is 12.6. The molecule has 21 heavy (non-hydrogen) atoms. The van der Waals surface area contributed by atoms with Crippen molar-refractivity contribution in [1.29, 1.82) is 0 Å². The molecule has 2 aromatic rings. The van der Waals surface area contributed by atoms with Gasteiger partial charge in [0.15, 0.2) is 0 Å². The van der Waals surface area contributed by atoms with Crippen LogP contribution in [0.25, 0.3) is 10.9 Å². The average Bonchev–Trinajstić information content (AvgIpc) is 2.33. The maximum Gasteiger partial charge on any atom is 0.209 e. The van der Waals surface area contributed by atoms with Crippen molar-refractivity contribution >= 4 is 26.7 Å². The highest BCUT2D eigenvalue weighted by Gasteiger charge is 2.22. The van der Waals surface area contributed by atoms with E-state index in [-0.39, 0.29) is 5.82 Å². The number of benzene rings is 1. The van der Waals surface area contributed by atoms with Gasteiger partial charge in [-0.15, -0.1) is 0 Å². The Bertz CT molecular complexity index is 762. The molecule has 0 atom stereocenters. The molecule has 0 fully saturated rings. The minimum Gasteiger partial charge on any atom is -0.368 e. The van der Waals surface area contributed by atoms with Crippen molar-refractivity contribution in [3.63, 3.8) is 0 Å². The fourth-order valence-corrected chi connectivity index (χ4v) is 3.09. The van der Waals surface area contributed by atoms with Crippen LogP contribution in [0.15, 0.2) is 24.5 Å². The molecule has 114 valence electrons. The number of halogens is 1. The molecule has 0 aliphatic heterocycles. The summed E-state index contributed by atoms with van der Waals surface area (Å²) in [5.41, 5.74) is -0.0965. The first-order valence-electron chi connectivity index (χ1n) is 6.29. The van der Waals surface area contributed by atoms with Gasteiger partial charge in [0.1, 0.15) is 18.0 Å². The van der Waals surface area contributed by atoms with Gasteiger partial charge in [0.05, 0.1) is 11.8 Å². The molecule has 0 radical (unpaired) electrons. The Balaban J connectivity index is 2.22. The summed E-state index contributed by atoms with van der Waals surface area (Å²) in [6, 6.07) is 4.24. The largest absolute Gasteiger partial charge is 0.368 e. The zero-order valence-corrected chi connectivity index (χ0v) is 12.8. The second-order valence-electron chi connectivity index (χ2n) is 5.50. The Morgan fingerprint density at radius 3 is 2.67 bits per heavy atom. The molecule has 6 nitrogen and oxygen atoms in total. The Morgan fingerprint density at radius 2 is 2.00 bits per heavy atom. The monoisotopic (exact) mass is 312 g/mol. The molecule has 0 aliphatic carbocycles. The molecule has 0 unspecified atom stereocenters. The first-order valence-corrected chi connectivity index (χ1v) is 8.18. The topological polar surface area (TPSA) is 84.0 Å². The number of nitrogens with one attached hydrogen (secondary N) is 2. The fourth-order valence-electron chi connectivity index (χ4n) is 2.01. The molecule has 8 heteroatoms. The van der Waals surface area contributed by atoms with Gasteiger partial charge in [-0.2, -0.15) is 0 Å². The van der Waals surface area contributed by atoms with Gasteiger partial charge in [-0.05, 0) is 32.0 Å². The molecular weight excluding hydrogens is 295 g/mol. The summed E-state index contributed by atoms with van der Waals surface area (Å²) in [6.45, 7) is 3.78. The first kappa shape index (κ1) is 15.6. The molecule has 1 heterocycles. The standard InChI is InChI=1S/C13H17FN4O2S/c1-13(2,18-21(3,19)20)7-15-12-10-6-9(14)4-5-11(10)16-8-17-12/h4-6,8,18H,7H2,1-3H3,(H,15,16,17). The van der Waals surface area contributed by atoms with Gasteiger partial charge >= 0.3 is 0 Å². The third kappa shape index (κ3) is 4.33. The van der Waals surface area contributed by atoms with E-state index in [1.165, 1.54) is 18.5 Å². The van der Waals surface area contributed by atoms with Crippen LogP contribution in [-0.2, 0) is 10.0 Å². The molecule has 2 N–H and O–H groups in total. The number of hydrogen-bond acceptors (Lipinski definition) is 5. The average molecular weight is 312 g/mol. The second-order valence-corrected chi connectivity index (χ2v) is 7.24. The number of hydrogen-bond donors (Lipinski definition) is 2. The number of sulfonamides is 1. The predicted octanol–water partition coefficient (Wildman–Crippen LogP) is 1.51. The van der Waals surface area contributed by atoms with Crippen molar-refractivity contribution in [1.82, 2.24) is 14.7 Å². The minimum atomic E-state index is -3.32. The van der Waals surface area contributed by atoms with Crippen molar-refractivity contribution in [3.8, 4) is 0 Å². The third-order valence-electron chi connectivity index (χ3n) is 2.76. The van der Waals surface area contributed by atoms with E-state index in [9.17, 15) is 12.8 Å². The Kier molecular flexibility index (Phi) is 4.11. The number of nitrogens with zero attached hydrogens (tertiary/aromatic N) is 2. The maximum absolute atomic E-state index is 13.3. The SMILES string of the molecule is CC(C)(CNc1ncnc2ccc(F)cc12)NS(C)(=O)=O. The van der Waals surface area contributed by atoms with E-state index >= 15 is 0 Å². The van der Waals surface area contributed by atoms with Gasteiger partial charge in [0.2, 0.25) is 10.0 Å². The van der Waals surface area contributed by atoms with Crippen molar-refractivity contribution < 1.29 is 12.8 Å². The van der Waals surface area contributed by atoms with Crippen molar-refractivity contribution in [2.75, 3.05) is 18.1 Å². The van der Waals surface area contributed by atoms with Crippen LogP contribution in [0, 0.1) is 5.82 Å². The molecular formula is C13H17FN4O2S. The summed E-state index contributed by atoms with van der Waals surface area (Å²) < 4.78 is 38.5. The van der Waals surface area contributed by atoms with Gasteiger partial charge < -0.3 is 5.32 Å². The van der Waals surface area contributed by atoms with Crippen LogP contribution in [0.3, 0.4) is 0 Å². The zero-order chi connectivity index (χ0) is 15.7. The number of rotatable bonds is 5. The summed E-state index contributed by atoms with van der Waals surface area (Å²) in [5, 5.41) is 3.58. The highest BCUT2D eigenvalue weighted by Crippen LogP contribution is 2.20. The van der Waals surface area contributed by atoms with Gasteiger partial charge in [-0.3, -0.25) is 0 Å². The molecule has 0 aliphatic rings. The third-order valence-corrected chi connectivity index (χ3v) is 3.68. The van der Waals surface area contributed by atoms with Gasteiger partial charge in [-0.25, -0.2) is 27.5 Å². The molecule has 0 spiro atoms. The summed E-state index contributed by atoms with van der Waals surface area (Å²) in [5.74, 6) is 0.0803. The van der Waals surface area contributed by atoms with Crippen LogP contribution in [0.2, 0.25) is 0 Å². The Labute approximate surface area is 122 Å². The van der Waals surface area contributed by atoms with Crippen LogP contribution in [0.5, 0.6) is 0 Å². The molecule has 0 bridgehead atoms. The molecule has 1 aromatic carbocycles. The van der Waals surface area contributed by atoms with Gasteiger partial charge in [-0.1, -0.05) is 0 Å². The summed E-state index contributed by atoms with van der Waals surface area (Å²) >= 11 is 0. The lowest BCUT2D eigenvalue weighted by Crippen LogP contribution is -2.47. The second kappa shape index (κ2) is 5.53. The van der Waals surface area contributed by atoms with Gasteiger partial charge in [0, 0.05) is 17.5 Å². The van der Waals surface area contributed by atoms with Crippen LogP contribution in [0.4, 0.5) is 10.2 Å². The lowest BCUT2D eigenvalue weighted by Gasteiger charge is -2.25. The highest BCUT2D eigenvalue weighted by molar-refractivity contribution is 7.88.